The van der Waals surface area contributed by atoms with Crippen molar-refractivity contribution < 1.29 is 4.57 Å². The van der Waals surface area contributed by atoms with E-state index in [0.717, 1.165) is 5.56 Å². The van der Waals surface area contributed by atoms with Crippen LogP contribution >= 0.6 is 11.3 Å². The second kappa shape index (κ2) is 5.30. The van der Waals surface area contributed by atoms with Crippen molar-refractivity contribution >= 4 is 53.3 Å². The summed E-state index contributed by atoms with van der Waals surface area (Å²) in [5, 5.41) is 5.18. The van der Waals surface area contributed by atoms with Gasteiger partial charge in [-0.05, 0) is 36.1 Å². The maximum atomic E-state index is 7.22. The molecular formula is C22H18N3S+. The van der Waals surface area contributed by atoms with Crippen LogP contribution in [0.15, 0.2) is 42.7 Å². The molecule has 3 aromatic heterocycles. The summed E-state index contributed by atoms with van der Waals surface area (Å²) in [4.78, 5) is 3.58. The quantitative estimate of drug-likeness (QED) is 0.168. The van der Waals surface area contributed by atoms with E-state index in [2.05, 4.69) is 77.7 Å². The Morgan fingerprint density at radius 3 is 2.77 bits per heavy atom. The van der Waals surface area contributed by atoms with Crippen molar-refractivity contribution in [1.82, 2.24) is 4.57 Å². The van der Waals surface area contributed by atoms with Crippen LogP contribution in [0.2, 0.25) is 0 Å². The van der Waals surface area contributed by atoms with E-state index in [-0.39, 0.29) is 0 Å². The smallest absolute Gasteiger partial charge is 0.239 e. The summed E-state index contributed by atoms with van der Waals surface area (Å²) in [5.74, 6) is 0. The van der Waals surface area contributed by atoms with Crippen molar-refractivity contribution in [3.63, 3.8) is 0 Å². The highest BCUT2D eigenvalue weighted by molar-refractivity contribution is 7.25. The minimum absolute atomic E-state index is 0.433. The first-order valence-electron chi connectivity index (χ1n) is 8.64. The number of aromatic nitrogens is 2. The molecule has 0 fully saturated rings. The van der Waals surface area contributed by atoms with Gasteiger partial charge < -0.3 is 9.41 Å². The maximum Gasteiger partial charge on any atom is 0.239 e. The van der Waals surface area contributed by atoms with Crippen LogP contribution < -0.4 is 4.57 Å². The molecule has 0 bridgehead atoms. The fraction of sp³-hybridized carbons (Fsp3) is 0.182. The van der Waals surface area contributed by atoms with Gasteiger partial charge in [0.25, 0.3) is 0 Å². The fourth-order valence-corrected chi connectivity index (χ4v) is 5.42. The van der Waals surface area contributed by atoms with Crippen LogP contribution in [-0.4, -0.2) is 4.57 Å². The van der Waals surface area contributed by atoms with E-state index in [1.54, 1.807) is 0 Å². The zero-order valence-electron chi connectivity index (χ0n) is 15.0. The molecule has 0 spiro atoms. The van der Waals surface area contributed by atoms with Gasteiger partial charge in [-0.25, -0.2) is 11.1 Å². The molecule has 0 aliphatic heterocycles. The number of pyridine rings is 1. The van der Waals surface area contributed by atoms with Crippen molar-refractivity contribution in [2.45, 2.75) is 13.5 Å². The van der Waals surface area contributed by atoms with Gasteiger partial charge in [-0.1, -0.05) is 0 Å². The van der Waals surface area contributed by atoms with Gasteiger partial charge in [0.1, 0.15) is 7.05 Å². The Hall–Kier alpha value is -2.90. The Kier molecular flexibility index (Phi) is 3.13. The van der Waals surface area contributed by atoms with Crippen LogP contribution in [-0.2, 0) is 20.6 Å². The zero-order valence-corrected chi connectivity index (χ0v) is 15.8. The molecular weight excluding hydrogens is 338 g/mol. The van der Waals surface area contributed by atoms with Gasteiger partial charge in [0.15, 0.2) is 6.20 Å². The Labute approximate surface area is 155 Å². The van der Waals surface area contributed by atoms with Gasteiger partial charge in [0.2, 0.25) is 12.1 Å². The molecule has 0 aliphatic rings. The molecule has 0 aliphatic carbocycles. The van der Waals surface area contributed by atoms with Crippen molar-refractivity contribution in [3.05, 3.63) is 65.3 Å². The first kappa shape index (κ1) is 15.4. The van der Waals surface area contributed by atoms with Gasteiger partial charge in [-0.2, -0.15) is 0 Å². The average Bonchev–Trinajstić information content (AvgIpc) is 2.99. The second-order valence-electron chi connectivity index (χ2n) is 6.99. The Morgan fingerprint density at radius 2 is 1.96 bits per heavy atom. The molecule has 0 atom stereocenters. The second-order valence-corrected chi connectivity index (χ2v) is 8.07. The number of aryl methyl sites for hydroxylation is 3. The monoisotopic (exact) mass is 356 g/mol. The lowest BCUT2D eigenvalue weighted by molar-refractivity contribution is -0.642. The highest BCUT2D eigenvalue weighted by Gasteiger charge is 2.18. The molecule has 0 N–H and O–H groups in total. The van der Waals surface area contributed by atoms with Crippen molar-refractivity contribution in [1.29, 1.82) is 0 Å². The standard InChI is InChI=1S/C22H18N3S/c1-13-16-6-8-24(3)17(16)11-19-20(13)22-21-15(5-7-25(22)4)9-14(12-23-2)10-18(21)26-19/h5-11H,12H2,1,3-4H3/q+1. The summed E-state index contributed by atoms with van der Waals surface area (Å²) >= 11 is 1.84. The van der Waals surface area contributed by atoms with E-state index in [9.17, 15) is 0 Å². The molecule has 0 amide bonds. The minimum atomic E-state index is 0.433. The number of fused-ring (bicyclic) bond motifs is 3. The molecule has 26 heavy (non-hydrogen) atoms. The van der Waals surface area contributed by atoms with Crippen molar-refractivity contribution in [3.8, 4) is 0 Å². The van der Waals surface area contributed by atoms with Crippen LogP contribution in [0, 0.1) is 13.5 Å². The van der Waals surface area contributed by atoms with Gasteiger partial charge >= 0.3 is 0 Å². The van der Waals surface area contributed by atoms with Crippen LogP contribution in [0.5, 0.6) is 0 Å². The summed E-state index contributed by atoms with van der Waals surface area (Å²) in [6.07, 6.45) is 4.27. The Bertz CT molecular complexity index is 1400. The van der Waals surface area contributed by atoms with Gasteiger partial charge in [0, 0.05) is 51.1 Å². The Morgan fingerprint density at radius 1 is 1.15 bits per heavy atom. The summed E-state index contributed by atoms with van der Waals surface area (Å²) in [5.41, 5.74) is 4.98. The number of hydrogen-bond acceptors (Lipinski definition) is 1. The van der Waals surface area contributed by atoms with E-state index in [1.165, 1.54) is 47.5 Å². The molecule has 126 valence electrons. The van der Waals surface area contributed by atoms with Crippen LogP contribution in [0.25, 0.3) is 46.8 Å². The summed E-state index contributed by atoms with van der Waals surface area (Å²) < 4.78 is 6.98. The molecule has 0 radical (unpaired) electrons. The van der Waals surface area contributed by atoms with E-state index in [0.29, 0.717) is 6.54 Å². The third kappa shape index (κ3) is 1.95. The lowest BCUT2D eigenvalue weighted by Gasteiger charge is -2.15. The van der Waals surface area contributed by atoms with Gasteiger partial charge in [-0.15, -0.1) is 11.3 Å². The predicted octanol–water partition coefficient (Wildman–Crippen LogP) is 5.25. The molecule has 4 heteroatoms. The number of benzene rings is 2. The molecule has 0 saturated carbocycles. The van der Waals surface area contributed by atoms with Crippen LogP contribution in [0.4, 0.5) is 0 Å². The predicted molar refractivity (Wildman–Crippen MR) is 110 cm³/mol. The highest BCUT2D eigenvalue weighted by atomic mass is 32.1. The lowest BCUT2D eigenvalue weighted by atomic mass is 10.0. The number of nitrogens with zero attached hydrogens (tertiary/aromatic N) is 3. The first-order valence-corrected chi connectivity index (χ1v) is 9.45. The molecule has 0 saturated heterocycles. The number of rotatable bonds is 1. The SMILES string of the molecule is [C-]#[N+]Cc1cc2ccn(C)c3c4c(C)c5cc[n+](C)c5cc4sc(c1)c23. The third-order valence-corrected chi connectivity index (χ3v) is 6.48. The van der Waals surface area contributed by atoms with E-state index < -0.39 is 0 Å². The van der Waals surface area contributed by atoms with Crippen molar-refractivity contribution in [2.24, 2.45) is 14.1 Å². The first-order chi connectivity index (χ1) is 12.6. The topological polar surface area (TPSA) is 13.2 Å². The largest absolute Gasteiger partial charge is 0.350 e. The van der Waals surface area contributed by atoms with Gasteiger partial charge in [0.05, 0.1) is 10.9 Å². The average molecular weight is 356 g/mol. The summed E-state index contributed by atoms with van der Waals surface area (Å²) in [7, 11) is 4.23. The lowest BCUT2D eigenvalue weighted by Crippen LogP contribution is -2.24. The molecule has 5 rings (SSSR count). The van der Waals surface area contributed by atoms with Crippen molar-refractivity contribution in [2.75, 3.05) is 0 Å². The molecule has 3 heterocycles. The minimum Gasteiger partial charge on any atom is -0.350 e. The third-order valence-electron chi connectivity index (χ3n) is 5.39. The molecule has 2 aromatic carbocycles. The molecule has 0 unspecified atom stereocenters. The normalized spacial score (nSPS) is 11.8. The number of hydrogen-bond donors (Lipinski definition) is 0. The zero-order chi connectivity index (χ0) is 18.0. The summed E-state index contributed by atoms with van der Waals surface area (Å²) in [6.45, 7) is 9.89. The highest BCUT2D eigenvalue weighted by Crippen LogP contribution is 2.40. The van der Waals surface area contributed by atoms with Gasteiger partial charge in [-0.3, -0.25) is 0 Å². The molecule has 5 aromatic rings. The van der Waals surface area contributed by atoms with E-state index >= 15 is 0 Å². The maximum absolute atomic E-state index is 7.22. The molecule has 3 nitrogen and oxygen atoms in total. The van der Waals surface area contributed by atoms with Crippen LogP contribution in [0.1, 0.15) is 11.1 Å². The van der Waals surface area contributed by atoms with E-state index in [1.807, 2.05) is 11.3 Å². The van der Waals surface area contributed by atoms with E-state index in [4.69, 9.17) is 6.57 Å². The summed E-state index contributed by atoms with van der Waals surface area (Å²) in [6, 6.07) is 11.1. The fourth-order valence-electron chi connectivity index (χ4n) is 4.14. The van der Waals surface area contributed by atoms with Crippen LogP contribution in [0.3, 0.4) is 0 Å². The Balaban J connectivity index is 2.09.